The van der Waals surface area contributed by atoms with Crippen LogP contribution in [-0.4, -0.2) is 32.5 Å². The molecule has 0 unspecified atom stereocenters. The summed E-state index contributed by atoms with van der Waals surface area (Å²) in [7, 11) is 0. The van der Waals surface area contributed by atoms with Crippen LogP contribution in [0.2, 0.25) is 5.02 Å². The lowest BCUT2D eigenvalue weighted by Gasteiger charge is -2.01. The molecule has 3 rings (SSSR count). The number of Topliss-reactive ketones (excluding diaryl/α,β-unsaturated/α-hetero) is 2. The van der Waals surface area contributed by atoms with Gasteiger partial charge in [-0.05, 0) is 30.7 Å². The number of carbonyl (C=O) groups is 3. The molecule has 2 heterocycles. The Balaban J connectivity index is 1.64. The Bertz CT molecular complexity index is 1170. The van der Waals surface area contributed by atoms with Gasteiger partial charge in [-0.1, -0.05) is 29.0 Å². The van der Waals surface area contributed by atoms with Crippen LogP contribution < -0.4 is 5.32 Å². The highest BCUT2D eigenvalue weighted by atomic mass is 35.5. The summed E-state index contributed by atoms with van der Waals surface area (Å²) in [6.07, 6.45) is 3.19. The average Bonchev–Trinajstić information content (AvgIpc) is 3.35. The van der Waals surface area contributed by atoms with Crippen molar-refractivity contribution in [3.63, 3.8) is 0 Å². The Morgan fingerprint density at radius 1 is 1.32 bits per heavy atom. The highest BCUT2D eigenvalue weighted by molar-refractivity contribution is 6.42. The monoisotopic (exact) mass is 444 g/mol. The highest BCUT2D eigenvalue weighted by Crippen LogP contribution is 2.20. The van der Waals surface area contributed by atoms with Crippen LogP contribution in [0.15, 0.2) is 47.5 Å². The molecule has 0 aliphatic carbocycles. The standard InChI is InChI=1S/C21H18ClFN4O4/c1-3-6-27-11-14(25-26-27)10-24-21(30)20(29)19-9-15(12(2)31-19)18(28)8-13-4-5-17(23)16(22)7-13/h3-5,7,9,11H,1,6,8,10H2,2H3,(H,24,30). The van der Waals surface area contributed by atoms with Gasteiger partial charge in [0.15, 0.2) is 11.5 Å². The Kier molecular flexibility index (Phi) is 6.76. The Hall–Kier alpha value is -3.59. The molecule has 1 aromatic carbocycles. The molecular formula is C21H18ClFN4O4. The number of aromatic nitrogens is 3. The predicted octanol–water partition coefficient (Wildman–Crippen LogP) is 3.08. The van der Waals surface area contributed by atoms with Crippen molar-refractivity contribution in [1.29, 1.82) is 0 Å². The molecule has 0 aliphatic rings. The Morgan fingerprint density at radius 2 is 2.10 bits per heavy atom. The number of rotatable bonds is 9. The summed E-state index contributed by atoms with van der Waals surface area (Å²) in [5.41, 5.74) is 1.13. The minimum Gasteiger partial charge on any atom is -0.457 e. The summed E-state index contributed by atoms with van der Waals surface area (Å²) in [4.78, 5) is 37.1. The van der Waals surface area contributed by atoms with Crippen LogP contribution in [-0.2, 0) is 24.3 Å². The fourth-order valence-electron chi connectivity index (χ4n) is 2.81. The molecule has 0 atom stereocenters. The van der Waals surface area contributed by atoms with Gasteiger partial charge in [0, 0.05) is 6.42 Å². The largest absolute Gasteiger partial charge is 0.457 e. The molecule has 0 spiro atoms. The Morgan fingerprint density at radius 3 is 2.81 bits per heavy atom. The quantitative estimate of drug-likeness (QED) is 0.309. The number of nitrogens with zero attached hydrogens (tertiary/aromatic N) is 3. The van der Waals surface area contributed by atoms with E-state index < -0.39 is 17.5 Å². The number of furan rings is 1. The van der Waals surface area contributed by atoms with Crippen molar-refractivity contribution in [3.8, 4) is 0 Å². The van der Waals surface area contributed by atoms with Gasteiger partial charge in [-0.3, -0.25) is 14.4 Å². The second kappa shape index (κ2) is 9.48. The van der Waals surface area contributed by atoms with E-state index in [9.17, 15) is 18.8 Å². The first-order chi connectivity index (χ1) is 14.8. The normalized spacial score (nSPS) is 10.7. The maximum atomic E-state index is 13.3. The van der Waals surface area contributed by atoms with Crippen LogP contribution in [0.3, 0.4) is 0 Å². The minimum absolute atomic E-state index is 0.00147. The third-order valence-electron chi connectivity index (χ3n) is 4.33. The zero-order valence-corrected chi connectivity index (χ0v) is 17.3. The van der Waals surface area contributed by atoms with Gasteiger partial charge in [-0.2, -0.15) is 0 Å². The number of ketones is 2. The van der Waals surface area contributed by atoms with Crippen molar-refractivity contribution >= 4 is 29.1 Å². The van der Waals surface area contributed by atoms with Crippen molar-refractivity contribution in [2.24, 2.45) is 0 Å². The van der Waals surface area contributed by atoms with E-state index in [4.69, 9.17) is 16.0 Å². The molecule has 0 saturated heterocycles. The lowest BCUT2D eigenvalue weighted by atomic mass is 10.0. The molecule has 8 nitrogen and oxygen atoms in total. The third kappa shape index (κ3) is 5.32. The molecule has 10 heteroatoms. The van der Waals surface area contributed by atoms with Crippen molar-refractivity contribution in [2.75, 3.05) is 0 Å². The summed E-state index contributed by atoms with van der Waals surface area (Å²) in [5.74, 6) is -2.84. The Labute approximate surface area is 181 Å². The van der Waals surface area contributed by atoms with Gasteiger partial charge in [-0.25, -0.2) is 9.07 Å². The van der Waals surface area contributed by atoms with Crippen LogP contribution >= 0.6 is 11.6 Å². The van der Waals surface area contributed by atoms with Gasteiger partial charge < -0.3 is 9.73 Å². The first-order valence-corrected chi connectivity index (χ1v) is 9.56. The number of halogens is 2. The second-order valence-corrected chi connectivity index (χ2v) is 7.07. The fraction of sp³-hybridized carbons (Fsp3) is 0.190. The molecule has 0 saturated carbocycles. The number of allylic oxidation sites excluding steroid dienone is 1. The van der Waals surface area contributed by atoms with E-state index >= 15 is 0 Å². The van der Waals surface area contributed by atoms with Gasteiger partial charge in [0.2, 0.25) is 0 Å². The van der Waals surface area contributed by atoms with Gasteiger partial charge in [0.25, 0.3) is 11.7 Å². The summed E-state index contributed by atoms with van der Waals surface area (Å²) < 4.78 is 20.1. The number of hydrogen-bond donors (Lipinski definition) is 1. The van der Waals surface area contributed by atoms with E-state index in [1.165, 1.54) is 35.9 Å². The predicted molar refractivity (Wildman–Crippen MR) is 109 cm³/mol. The topological polar surface area (TPSA) is 107 Å². The van der Waals surface area contributed by atoms with Crippen LogP contribution in [0.5, 0.6) is 0 Å². The number of aryl methyl sites for hydroxylation is 1. The molecule has 1 N–H and O–H groups in total. The maximum absolute atomic E-state index is 13.3. The molecule has 160 valence electrons. The van der Waals surface area contributed by atoms with E-state index in [1.54, 1.807) is 12.3 Å². The van der Waals surface area contributed by atoms with E-state index in [0.717, 1.165) is 0 Å². The van der Waals surface area contributed by atoms with Crippen LogP contribution in [0.25, 0.3) is 0 Å². The maximum Gasteiger partial charge on any atom is 0.296 e. The summed E-state index contributed by atoms with van der Waals surface area (Å²) in [6.45, 7) is 5.56. The molecule has 2 aromatic heterocycles. The number of hydrogen-bond acceptors (Lipinski definition) is 6. The summed E-state index contributed by atoms with van der Waals surface area (Å²) in [5, 5.41) is 10.1. The van der Waals surface area contributed by atoms with Crippen LogP contribution in [0.1, 0.15) is 37.9 Å². The van der Waals surface area contributed by atoms with Crippen molar-refractivity contribution in [1.82, 2.24) is 20.3 Å². The summed E-state index contributed by atoms with van der Waals surface area (Å²) in [6, 6.07) is 5.20. The van der Waals surface area contributed by atoms with Crippen molar-refractivity contribution in [3.05, 3.63) is 82.3 Å². The summed E-state index contributed by atoms with van der Waals surface area (Å²) >= 11 is 5.74. The zero-order chi connectivity index (χ0) is 22.5. The number of benzene rings is 1. The molecule has 1 amide bonds. The van der Waals surface area contributed by atoms with E-state index in [-0.39, 0.29) is 40.9 Å². The molecular weight excluding hydrogens is 427 g/mol. The van der Waals surface area contributed by atoms with Gasteiger partial charge in [-0.15, -0.1) is 11.7 Å². The lowest BCUT2D eigenvalue weighted by Crippen LogP contribution is -2.30. The fourth-order valence-corrected chi connectivity index (χ4v) is 3.01. The number of nitrogens with one attached hydrogen (secondary N) is 1. The van der Waals surface area contributed by atoms with Crippen LogP contribution in [0, 0.1) is 12.7 Å². The lowest BCUT2D eigenvalue weighted by molar-refractivity contribution is -0.117. The number of carbonyl (C=O) groups excluding carboxylic acids is 3. The third-order valence-corrected chi connectivity index (χ3v) is 4.62. The van der Waals surface area contributed by atoms with Crippen molar-refractivity contribution < 1.29 is 23.2 Å². The first kappa shape index (κ1) is 22.1. The van der Waals surface area contributed by atoms with Gasteiger partial charge in [0.1, 0.15) is 17.3 Å². The SMILES string of the molecule is C=CCn1cc(CNC(=O)C(=O)c2cc(C(=O)Cc3ccc(F)c(Cl)c3)c(C)o2)nn1. The minimum atomic E-state index is -0.926. The van der Waals surface area contributed by atoms with E-state index in [2.05, 4.69) is 22.2 Å². The highest BCUT2D eigenvalue weighted by Gasteiger charge is 2.24. The van der Waals surface area contributed by atoms with Crippen molar-refractivity contribution in [2.45, 2.75) is 26.4 Å². The molecule has 0 radical (unpaired) electrons. The van der Waals surface area contributed by atoms with Gasteiger partial charge >= 0.3 is 0 Å². The second-order valence-electron chi connectivity index (χ2n) is 6.66. The molecule has 0 fully saturated rings. The van der Waals surface area contributed by atoms with Gasteiger partial charge in [0.05, 0.1) is 29.9 Å². The number of amides is 1. The molecule has 31 heavy (non-hydrogen) atoms. The zero-order valence-electron chi connectivity index (χ0n) is 16.5. The van der Waals surface area contributed by atoms with E-state index in [0.29, 0.717) is 17.8 Å². The molecule has 0 aliphatic heterocycles. The van der Waals surface area contributed by atoms with Crippen LogP contribution in [0.4, 0.5) is 4.39 Å². The van der Waals surface area contributed by atoms with E-state index in [1.807, 2.05) is 0 Å². The average molecular weight is 445 g/mol. The smallest absolute Gasteiger partial charge is 0.296 e. The molecule has 3 aromatic rings. The first-order valence-electron chi connectivity index (χ1n) is 9.18. The molecule has 0 bridgehead atoms.